The van der Waals surface area contributed by atoms with E-state index in [4.69, 9.17) is 0 Å². The van der Waals surface area contributed by atoms with Gasteiger partial charge in [-0.2, -0.15) is 0 Å². The standard InChI is InChI=1S/C21H26N4O2/c1-3-17-8-4-5-9-18(17)23-20(26)15-24-11-13-25(14-12-24)21(27)19-10-6-7-16(2)22-19/h4-10H,3,11-15H2,1-2H3,(H,23,26). The first-order valence-electron chi connectivity index (χ1n) is 9.40. The molecule has 27 heavy (non-hydrogen) atoms. The molecule has 2 amide bonds. The Kier molecular flexibility index (Phi) is 6.19. The summed E-state index contributed by atoms with van der Waals surface area (Å²) in [6, 6.07) is 13.3. The number of nitrogens with one attached hydrogen (secondary N) is 1. The number of aromatic nitrogens is 1. The van der Waals surface area contributed by atoms with E-state index in [1.165, 1.54) is 0 Å². The second-order valence-corrected chi connectivity index (χ2v) is 6.79. The van der Waals surface area contributed by atoms with E-state index >= 15 is 0 Å². The lowest BCUT2D eigenvalue weighted by Gasteiger charge is -2.34. The number of hydrogen-bond donors (Lipinski definition) is 1. The fourth-order valence-electron chi connectivity index (χ4n) is 3.28. The molecular formula is C21H26N4O2. The Morgan fingerprint density at radius 1 is 1.04 bits per heavy atom. The lowest BCUT2D eigenvalue weighted by atomic mass is 10.1. The third kappa shape index (κ3) is 4.92. The van der Waals surface area contributed by atoms with Gasteiger partial charge in [0.2, 0.25) is 5.91 Å². The van der Waals surface area contributed by atoms with Crippen LogP contribution in [0.3, 0.4) is 0 Å². The van der Waals surface area contributed by atoms with E-state index in [-0.39, 0.29) is 11.8 Å². The van der Waals surface area contributed by atoms with Crippen molar-refractivity contribution in [3.05, 3.63) is 59.4 Å². The Morgan fingerprint density at radius 3 is 2.48 bits per heavy atom. The van der Waals surface area contributed by atoms with Gasteiger partial charge in [0.05, 0.1) is 6.54 Å². The van der Waals surface area contributed by atoms with Crippen LogP contribution in [0, 0.1) is 6.92 Å². The third-order valence-corrected chi connectivity index (χ3v) is 4.81. The minimum Gasteiger partial charge on any atom is -0.335 e. The molecule has 2 aromatic rings. The zero-order valence-electron chi connectivity index (χ0n) is 15.9. The minimum atomic E-state index is -0.0420. The van der Waals surface area contributed by atoms with E-state index in [1.807, 2.05) is 48.2 Å². The van der Waals surface area contributed by atoms with Gasteiger partial charge in [-0.1, -0.05) is 31.2 Å². The highest BCUT2D eigenvalue weighted by Gasteiger charge is 2.24. The molecule has 1 aromatic carbocycles. The predicted molar refractivity (Wildman–Crippen MR) is 106 cm³/mol. The van der Waals surface area contributed by atoms with Crippen LogP contribution in [0.25, 0.3) is 0 Å². The first-order chi connectivity index (χ1) is 13.1. The number of amides is 2. The van der Waals surface area contributed by atoms with Gasteiger partial charge in [-0.3, -0.25) is 14.5 Å². The zero-order chi connectivity index (χ0) is 19.2. The normalized spacial score (nSPS) is 14.8. The Balaban J connectivity index is 1.50. The van der Waals surface area contributed by atoms with Crippen molar-refractivity contribution < 1.29 is 9.59 Å². The van der Waals surface area contributed by atoms with Crippen LogP contribution in [0.5, 0.6) is 0 Å². The Morgan fingerprint density at radius 2 is 1.78 bits per heavy atom. The summed E-state index contributed by atoms with van der Waals surface area (Å²) in [6.07, 6.45) is 0.879. The molecule has 1 fully saturated rings. The molecule has 1 aliphatic rings. The van der Waals surface area contributed by atoms with Crippen LogP contribution in [-0.2, 0) is 11.2 Å². The van der Waals surface area contributed by atoms with E-state index in [0.717, 1.165) is 23.4 Å². The van der Waals surface area contributed by atoms with E-state index in [1.54, 1.807) is 6.07 Å². The molecule has 2 heterocycles. The highest BCUT2D eigenvalue weighted by Crippen LogP contribution is 2.15. The van der Waals surface area contributed by atoms with Crippen molar-refractivity contribution in [3.8, 4) is 0 Å². The fourth-order valence-corrected chi connectivity index (χ4v) is 3.28. The summed E-state index contributed by atoms with van der Waals surface area (Å²) >= 11 is 0. The number of nitrogens with zero attached hydrogens (tertiary/aromatic N) is 3. The van der Waals surface area contributed by atoms with Crippen LogP contribution in [0.1, 0.15) is 28.7 Å². The molecule has 6 heteroatoms. The number of hydrogen-bond acceptors (Lipinski definition) is 4. The third-order valence-electron chi connectivity index (χ3n) is 4.81. The highest BCUT2D eigenvalue weighted by atomic mass is 16.2. The maximum absolute atomic E-state index is 12.6. The molecule has 0 saturated carbocycles. The number of benzene rings is 1. The van der Waals surface area contributed by atoms with Crippen molar-refractivity contribution >= 4 is 17.5 Å². The molecule has 0 radical (unpaired) electrons. The van der Waals surface area contributed by atoms with Gasteiger partial charge in [-0.25, -0.2) is 4.98 Å². The number of rotatable bonds is 5. The number of para-hydroxylation sites is 1. The molecule has 0 aliphatic carbocycles. The average Bonchev–Trinajstić information content (AvgIpc) is 2.68. The van der Waals surface area contributed by atoms with Gasteiger partial charge >= 0.3 is 0 Å². The van der Waals surface area contributed by atoms with Crippen molar-refractivity contribution in [3.63, 3.8) is 0 Å². The summed E-state index contributed by atoms with van der Waals surface area (Å²) in [6.45, 7) is 6.86. The number of carbonyl (C=O) groups is 2. The second kappa shape index (κ2) is 8.77. The van der Waals surface area contributed by atoms with Gasteiger partial charge in [-0.15, -0.1) is 0 Å². The predicted octanol–water partition coefficient (Wildman–Crippen LogP) is 2.35. The van der Waals surface area contributed by atoms with Gasteiger partial charge in [0.25, 0.3) is 5.91 Å². The van der Waals surface area contributed by atoms with E-state index in [2.05, 4.69) is 22.1 Å². The fraction of sp³-hybridized carbons (Fsp3) is 0.381. The number of piperazine rings is 1. The van der Waals surface area contributed by atoms with Crippen molar-refractivity contribution in [2.45, 2.75) is 20.3 Å². The van der Waals surface area contributed by atoms with E-state index in [0.29, 0.717) is 38.4 Å². The number of aryl methyl sites for hydroxylation is 2. The smallest absolute Gasteiger partial charge is 0.272 e. The molecule has 1 saturated heterocycles. The molecule has 0 unspecified atom stereocenters. The van der Waals surface area contributed by atoms with Crippen molar-refractivity contribution in [2.75, 3.05) is 38.0 Å². The van der Waals surface area contributed by atoms with Gasteiger partial charge < -0.3 is 10.2 Å². The molecular weight excluding hydrogens is 340 g/mol. The molecule has 1 aromatic heterocycles. The molecule has 0 bridgehead atoms. The largest absolute Gasteiger partial charge is 0.335 e. The quantitative estimate of drug-likeness (QED) is 0.882. The molecule has 0 atom stereocenters. The molecule has 142 valence electrons. The van der Waals surface area contributed by atoms with E-state index in [9.17, 15) is 9.59 Å². The van der Waals surface area contributed by atoms with Gasteiger partial charge in [0, 0.05) is 37.6 Å². The molecule has 1 aliphatic heterocycles. The SMILES string of the molecule is CCc1ccccc1NC(=O)CN1CCN(C(=O)c2cccc(C)n2)CC1. The van der Waals surface area contributed by atoms with Crippen LogP contribution >= 0.6 is 0 Å². The monoisotopic (exact) mass is 366 g/mol. The summed E-state index contributed by atoms with van der Waals surface area (Å²) in [5.41, 5.74) is 3.33. The molecule has 3 rings (SSSR count). The van der Waals surface area contributed by atoms with Gasteiger partial charge in [-0.05, 0) is 37.1 Å². The van der Waals surface area contributed by atoms with Gasteiger partial charge in [0.15, 0.2) is 0 Å². The summed E-state index contributed by atoms with van der Waals surface area (Å²) in [4.78, 5) is 33.1. The summed E-state index contributed by atoms with van der Waals surface area (Å²) in [5.74, 6) is -0.0595. The minimum absolute atomic E-state index is 0.0176. The maximum atomic E-state index is 12.6. The second-order valence-electron chi connectivity index (χ2n) is 6.79. The molecule has 6 nitrogen and oxygen atoms in total. The van der Waals surface area contributed by atoms with Crippen LogP contribution in [0.4, 0.5) is 5.69 Å². The van der Waals surface area contributed by atoms with Crippen molar-refractivity contribution in [2.24, 2.45) is 0 Å². The van der Waals surface area contributed by atoms with Crippen LogP contribution in [-0.4, -0.2) is 59.3 Å². The topological polar surface area (TPSA) is 65.5 Å². The lowest BCUT2D eigenvalue weighted by molar-refractivity contribution is -0.117. The van der Waals surface area contributed by atoms with E-state index < -0.39 is 0 Å². The number of pyridine rings is 1. The number of anilines is 1. The van der Waals surface area contributed by atoms with Crippen LogP contribution in [0.15, 0.2) is 42.5 Å². The first-order valence-corrected chi connectivity index (χ1v) is 9.40. The van der Waals surface area contributed by atoms with Gasteiger partial charge in [0.1, 0.15) is 5.69 Å². The van der Waals surface area contributed by atoms with Crippen LogP contribution in [0.2, 0.25) is 0 Å². The Hall–Kier alpha value is -2.73. The lowest BCUT2D eigenvalue weighted by Crippen LogP contribution is -2.50. The summed E-state index contributed by atoms with van der Waals surface area (Å²) in [7, 11) is 0. The first kappa shape index (κ1) is 19.0. The molecule has 1 N–H and O–H groups in total. The number of carbonyl (C=O) groups excluding carboxylic acids is 2. The zero-order valence-corrected chi connectivity index (χ0v) is 15.9. The molecule has 0 spiro atoms. The maximum Gasteiger partial charge on any atom is 0.272 e. The van der Waals surface area contributed by atoms with Crippen LogP contribution < -0.4 is 5.32 Å². The average molecular weight is 366 g/mol. The Bertz CT molecular complexity index is 813. The summed E-state index contributed by atoms with van der Waals surface area (Å²) < 4.78 is 0. The van der Waals surface area contributed by atoms with Crippen molar-refractivity contribution in [1.82, 2.24) is 14.8 Å². The summed E-state index contributed by atoms with van der Waals surface area (Å²) in [5, 5.41) is 3.00. The van der Waals surface area contributed by atoms with Crippen molar-refractivity contribution in [1.29, 1.82) is 0 Å². The Labute approximate surface area is 160 Å². The highest BCUT2D eigenvalue weighted by molar-refractivity contribution is 5.93.